The highest BCUT2D eigenvalue weighted by molar-refractivity contribution is 5.27. The van der Waals surface area contributed by atoms with Crippen LogP contribution in [-0.4, -0.2) is 0 Å². The van der Waals surface area contributed by atoms with E-state index >= 15 is 0 Å². The molecule has 1 atom stereocenters. The predicted octanol–water partition coefficient (Wildman–Crippen LogP) is 4.12. The molecule has 14 heavy (non-hydrogen) atoms. The summed E-state index contributed by atoms with van der Waals surface area (Å²) in [6, 6.07) is 10.2. The van der Waals surface area contributed by atoms with Crippen molar-refractivity contribution >= 4 is 0 Å². The fourth-order valence-electron chi connectivity index (χ4n) is 1.96. The summed E-state index contributed by atoms with van der Waals surface area (Å²) in [5.41, 5.74) is 2.77. The van der Waals surface area contributed by atoms with E-state index in [9.17, 15) is 0 Å². The third kappa shape index (κ3) is 2.00. The Morgan fingerprint density at radius 2 is 1.79 bits per heavy atom. The monoisotopic (exact) mass is 187 g/mol. The van der Waals surface area contributed by atoms with Crippen molar-refractivity contribution in [2.75, 3.05) is 0 Å². The van der Waals surface area contributed by atoms with Crippen LogP contribution in [0.2, 0.25) is 0 Å². The van der Waals surface area contributed by atoms with Gasteiger partial charge in [0.25, 0.3) is 0 Å². The van der Waals surface area contributed by atoms with E-state index in [0.717, 1.165) is 5.92 Å². The van der Waals surface area contributed by atoms with Gasteiger partial charge >= 0.3 is 0 Å². The summed E-state index contributed by atoms with van der Waals surface area (Å²) in [4.78, 5) is 0. The molecule has 1 aliphatic rings. The Labute approximate surface area is 87.3 Å². The fraction of sp³-hybridized carbons (Fsp3) is 0.571. The van der Waals surface area contributed by atoms with Gasteiger partial charge in [0.15, 0.2) is 0 Å². The minimum atomic E-state index is 0.598. The number of benzene rings is 1. The van der Waals surface area contributed by atoms with Crippen LogP contribution in [0.4, 0.5) is 0 Å². The van der Waals surface area contributed by atoms with Crippen molar-refractivity contribution in [2.45, 2.75) is 45.4 Å². The van der Waals surface area contributed by atoms with Crippen molar-refractivity contribution in [1.29, 1.82) is 0 Å². The molecule has 1 aromatic rings. The maximum absolute atomic E-state index is 3.56. The molecule has 0 spiro atoms. The first-order valence-corrected chi connectivity index (χ1v) is 5.70. The van der Waals surface area contributed by atoms with Gasteiger partial charge in [-0.2, -0.15) is 0 Å². The van der Waals surface area contributed by atoms with Crippen LogP contribution in [0, 0.1) is 12.0 Å². The van der Waals surface area contributed by atoms with E-state index in [4.69, 9.17) is 0 Å². The minimum absolute atomic E-state index is 0.598. The smallest absolute Gasteiger partial charge is 0.0109 e. The Bertz CT molecular complexity index is 308. The van der Waals surface area contributed by atoms with E-state index < -0.39 is 0 Å². The van der Waals surface area contributed by atoms with Crippen LogP contribution in [0.25, 0.3) is 0 Å². The second-order valence-electron chi connectivity index (χ2n) is 4.84. The highest BCUT2D eigenvalue weighted by Crippen LogP contribution is 2.42. The molecule has 1 radical (unpaired) electrons. The quantitative estimate of drug-likeness (QED) is 0.667. The van der Waals surface area contributed by atoms with Crippen LogP contribution in [-0.2, 0) is 0 Å². The molecular weight excluding hydrogens is 168 g/mol. The van der Waals surface area contributed by atoms with Gasteiger partial charge in [-0.15, -0.1) is 0 Å². The van der Waals surface area contributed by atoms with Gasteiger partial charge in [0.2, 0.25) is 0 Å². The molecule has 0 aromatic heterocycles. The summed E-state index contributed by atoms with van der Waals surface area (Å²) in [6.45, 7) is 6.81. The summed E-state index contributed by atoms with van der Waals surface area (Å²) in [6.07, 6.45) is 2.84. The highest BCUT2D eigenvalue weighted by Gasteiger charge is 2.28. The second kappa shape index (κ2) is 3.76. The molecule has 0 heteroatoms. The largest absolute Gasteiger partial charge is 0.0617 e. The van der Waals surface area contributed by atoms with Crippen LogP contribution in [0.15, 0.2) is 18.2 Å². The standard InChI is InChI=1S/C14H19/c1-10(2)13-5-4-6-14(9-13)11(3)12-7-8-12/h4-6,10-12H,7-8H2,1-3H3/t11-/m1/s1. The van der Waals surface area contributed by atoms with Gasteiger partial charge in [-0.05, 0) is 47.8 Å². The lowest BCUT2D eigenvalue weighted by Crippen LogP contribution is -1.98. The molecule has 2 rings (SSSR count). The van der Waals surface area contributed by atoms with E-state index in [1.54, 1.807) is 0 Å². The molecule has 0 N–H and O–H groups in total. The molecule has 0 heterocycles. The van der Waals surface area contributed by atoms with Gasteiger partial charge in [-0.3, -0.25) is 0 Å². The maximum Gasteiger partial charge on any atom is -0.0109 e. The summed E-state index contributed by atoms with van der Waals surface area (Å²) in [5, 5.41) is 0. The van der Waals surface area contributed by atoms with Crippen LogP contribution in [0.5, 0.6) is 0 Å². The molecule has 0 amide bonds. The molecule has 1 saturated carbocycles. The van der Waals surface area contributed by atoms with Crippen molar-refractivity contribution in [3.8, 4) is 0 Å². The average Bonchev–Trinajstić information content (AvgIpc) is 3.00. The van der Waals surface area contributed by atoms with Crippen molar-refractivity contribution in [2.24, 2.45) is 5.92 Å². The minimum Gasteiger partial charge on any atom is -0.0617 e. The molecule has 1 aromatic carbocycles. The SMILES string of the molecule is CC(C)c1[c]c([C@H](C)C2CC2)ccc1. The Hall–Kier alpha value is -0.780. The lowest BCUT2D eigenvalue weighted by atomic mass is 9.92. The molecule has 75 valence electrons. The summed E-state index contributed by atoms with van der Waals surface area (Å²) in [5.74, 6) is 2.25. The summed E-state index contributed by atoms with van der Waals surface area (Å²) < 4.78 is 0. The van der Waals surface area contributed by atoms with Gasteiger partial charge < -0.3 is 0 Å². The van der Waals surface area contributed by atoms with E-state index in [1.807, 2.05) is 0 Å². The normalized spacial score (nSPS) is 18.6. The third-order valence-electron chi connectivity index (χ3n) is 3.28. The lowest BCUT2D eigenvalue weighted by molar-refractivity contribution is 0.660. The van der Waals surface area contributed by atoms with Crippen LogP contribution in [0.3, 0.4) is 0 Å². The first kappa shape index (κ1) is 9.76. The zero-order valence-corrected chi connectivity index (χ0v) is 9.38. The van der Waals surface area contributed by atoms with Gasteiger partial charge in [-0.1, -0.05) is 39.0 Å². The Morgan fingerprint density at radius 1 is 1.14 bits per heavy atom. The lowest BCUT2D eigenvalue weighted by Gasteiger charge is -2.12. The van der Waals surface area contributed by atoms with Crippen LogP contribution < -0.4 is 0 Å². The average molecular weight is 187 g/mol. The first-order valence-electron chi connectivity index (χ1n) is 5.70. The molecule has 0 unspecified atom stereocenters. The van der Waals surface area contributed by atoms with Crippen molar-refractivity contribution in [1.82, 2.24) is 0 Å². The number of hydrogen-bond acceptors (Lipinski definition) is 0. The predicted molar refractivity (Wildman–Crippen MR) is 60.5 cm³/mol. The van der Waals surface area contributed by atoms with Crippen molar-refractivity contribution in [3.63, 3.8) is 0 Å². The molecule has 0 aliphatic heterocycles. The Morgan fingerprint density at radius 3 is 2.36 bits per heavy atom. The van der Waals surface area contributed by atoms with Crippen molar-refractivity contribution < 1.29 is 0 Å². The van der Waals surface area contributed by atoms with Crippen LogP contribution in [0.1, 0.15) is 56.6 Å². The summed E-state index contributed by atoms with van der Waals surface area (Å²) >= 11 is 0. The fourth-order valence-corrected chi connectivity index (χ4v) is 1.96. The van der Waals surface area contributed by atoms with E-state index in [2.05, 4.69) is 45.0 Å². The van der Waals surface area contributed by atoms with Gasteiger partial charge in [0, 0.05) is 0 Å². The Balaban J connectivity index is 2.20. The van der Waals surface area contributed by atoms with Gasteiger partial charge in [-0.25, -0.2) is 0 Å². The maximum atomic E-state index is 3.56. The Kier molecular flexibility index (Phi) is 2.62. The molecular formula is C14H19. The van der Waals surface area contributed by atoms with E-state index in [0.29, 0.717) is 11.8 Å². The number of rotatable bonds is 3. The zero-order chi connectivity index (χ0) is 10.1. The van der Waals surface area contributed by atoms with E-state index in [1.165, 1.54) is 24.0 Å². The van der Waals surface area contributed by atoms with Gasteiger partial charge in [0.1, 0.15) is 0 Å². The highest BCUT2D eigenvalue weighted by atomic mass is 14.3. The topological polar surface area (TPSA) is 0 Å². The first-order chi connectivity index (χ1) is 6.68. The molecule has 1 fully saturated rings. The summed E-state index contributed by atoms with van der Waals surface area (Å²) in [7, 11) is 0. The molecule has 1 aliphatic carbocycles. The van der Waals surface area contributed by atoms with Gasteiger partial charge in [0.05, 0.1) is 0 Å². The zero-order valence-electron chi connectivity index (χ0n) is 9.38. The molecule has 0 bridgehead atoms. The number of hydrogen-bond donors (Lipinski definition) is 0. The second-order valence-corrected chi connectivity index (χ2v) is 4.84. The van der Waals surface area contributed by atoms with E-state index in [-0.39, 0.29) is 0 Å². The van der Waals surface area contributed by atoms with Crippen LogP contribution >= 0.6 is 0 Å². The van der Waals surface area contributed by atoms with Crippen molar-refractivity contribution in [3.05, 3.63) is 35.4 Å². The molecule has 0 saturated heterocycles. The molecule has 0 nitrogen and oxygen atoms in total. The third-order valence-corrected chi connectivity index (χ3v) is 3.28.